The number of ether oxygens (including phenoxy) is 1. The van der Waals surface area contributed by atoms with Gasteiger partial charge in [0.2, 0.25) is 0 Å². The molecule has 0 saturated carbocycles. The summed E-state index contributed by atoms with van der Waals surface area (Å²) in [5.74, 6) is 2.31. The molecule has 0 unspecified atom stereocenters. The summed E-state index contributed by atoms with van der Waals surface area (Å²) in [6, 6.07) is 23.0. The molecule has 3 aromatic carbocycles. The van der Waals surface area contributed by atoms with Gasteiger partial charge in [0.15, 0.2) is 0 Å². The van der Waals surface area contributed by atoms with Crippen molar-refractivity contribution in [3.8, 4) is 28.0 Å². The number of hydrogen-bond donors (Lipinski definition) is 1. The van der Waals surface area contributed by atoms with Gasteiger partial charge in [0.1, 0.15) is 5.75 Å². The van der Waals surface area contributed by atoms with Gasteiger partial charge in [0.25, 0.3) is 0 Å². The summed E-state index contributed by atoms with van der Waals surface area (Å²) in [5.41, 5.74) is 13.1. The number of piperidine rings is 1. The third-order valence-electron chi connectivity index (χ3n) is 6.69. The first-order valence-corrected chi connectivity index (χ1v) is 11.7. The summed E-state index contributed by atoms with van der Waals surface area (Å²) < 4.78 is 5.93. The molecule has 4 nitrogen and oxygen atoms in total. The van der Waals surface area contributed by atoms with E-state index in [-0.39, 0.29) is 0 Å². The highest BCUT2D eigenvalue weighted by atomic mass is 16.5. The van der Waals surface area contributed by atoms with Crippen LogP contribution >= 0.6 is 0 Å². The average Bonchev–Trinajstić information content (AvgIpc) is 2.83. The number of para-hydroxylation sites is 1. The number of nitrogens with two attached hydrogens (primary N) is 1. The number of methoxy groups -OCH3 is 1. The molecule has 1 aliphatic rings. The van der Waals surface area contributed by atoms with Gasteiger partial charge in [-0.1, -0.05) is 50.2 Å². The van der Waals surface area contributed by atoms with E-state index in [2.05, 4.69) is 61.2 Å². The number of pyridine rings is 1. The Morgan fingerprint density at radius 1 is 0.848 bits per heavy atom. The smallest absolute Gasteiger partial charge is 0.137 e. The highest BCUT2D eigenvalue weighted by Crippen LogP contribution is 2.39. The van der Waals surface area contributed by atoms with Gasteiger partial charge in [0.05, 0.1) is 12.6 Å². The first-order chi connectivity index (χ1) is 16.0. The first-order valence-electron chi connectivity index (χ1n) is 11.7. The van der Waals surface area contributed by atoms with Crippen molar-refractivity contribution in [3.05, 3.63) is 72.9 Å². The summed E-state index contributed by atoms with van der Waals surface area (Å²) in [4.78, 5) is 7.39. The number of nitrogen functional groups attached to an aromatic ring is 1. The molecule has 2 atom stereocenters. The second kappa shape index (κ2) is 8.78. The highest BCUT2D eigenvalue weighted by molar-refractivity contribution is 6.00. The average molecular weight is 438 g/mol. The van der Waals surface area contributed by atoms with Gasteiger partial charge in [-0.05, 0) is 59.7 Å². The van der Waals surface area contributed by atoms with Crippen LogP contribution < -0.4 is 15.4 Å². The SMILES string of the molecule is COc1c(-c2ccc(N3C[C@H](C)C[C@H](C)C3)cc2)cnc2c(-c3ccc(N)cc3)cccc12. The quantitative estimate of drug-likeness (QED) is 0.364. The minimum Gasteiger partial charge on any atom is -0.495 e. The molecule has 0 amide bonds. The Labute approximate surface area is 196 Å². The van der Waals surface area contributed by atoms with Gasteiger partial charge in [0, 0.05) is 47.2 Å². The van der Waals surface area contributed by atoms with Crippen LogP contribution in [0.15, 0.2) is 72.9 Å². The van der Waals surface area contributed by atoms with E-state index in [0.29, 0.717) is 0 Å². The molecule has 0 radical (unpaired) electrons. The molecular formula is C29H31N3O. The van der Waals surface area contributed by atoms with Crippen molar-refractivity contribution >= 4 is 22.3 Å². The largest absolute Gasteiger partial charge is 0.495 e. The molecule has 0 aliphatic carbocycles. The predicted molar refractivity (Wildman–Crippen MR) is 139 cm³/mol. The molecule has 4 aromatic rings. The molecule has 0 spiro atoms. The number of anilines is 2. The minimum absolute atomic E-state index is 0.730. The van der Waals surface area contributed by atoms with E-state index in [0.717, 1.165) is 69.5 Å². The zero-order valence-corrected chi connectivity index (χ0v) is 19.6. The van der Waals surface area contributed by atoms with E-state index >= 15 is 0 Å². The topological polar surface area (TPSA) is 51.4 Å². The zero-order chi connectivity index (χ0) is 22.9. The number of fused-ring (bicyclic) bond motifs is 1. The van der Waals surface area contributed by atoms with Crippen LogP contribution in [-0.2, 0) is 0 Å². The van der Waals surface area contributed by atoms with Crippen LogP contribution in [0.25, 0.3) is 33.2 Å². The molecular weight excluding hydrogens is 406 g/mol. The van der Waals surface area contributed by atoms with Crippen LogP contribution in [0.2, 0.25) is 0 Å². The Kier molecular flexibility index (Phi) is 5.67. The van der Waals surface area contributed by atoms with Crippen molar-refractivity contribution in [2.24, 2.45) is 11.8 Å². The molecule has 2 heterocycles. The van der Waals surface area contributed by atoms with E-state index in [1.165, 1.54) is 12.1 Å². The lowest BCUT2D eigenvalue weighted by molar-refractivity contribution is 0.357. The molecule has 2 N–H and O–H groups in total. The summed E-state index contributed by atoms with van der Waals surface area (Å²) in [6.45, 7) is 6.94. The second-order valence-electron chi connectivity index (χ2n) is 9.43. The van der Waals surface area contributed by atoms with Crippen LogP contribution in [0.4, 0.5) is 11.4 Å². The first kappa shape index (κ1) is 21.3. The lowest BCUT2D eigenvalue weighted by Gasteiger charge is -2.36. The second-order valence-corrected chi connectivity index (χ2v) is 9.43. The maximum absolute atomic E-state index is 5.93. The van der Waals surface area contributed by atoms with Gasteiger partial charge < -0.3 is 15.4 Å². The van der Waals surface area contributed by atoms with Crippen LogP contribution in [0.3, 0.4) is 0 Å². The molecule has 0 bridgehead atoms. The van der Waals surface area contributed by atoms with E-state index in [9.17, 15) is 0 Å². The van der Waals surface area contributed by atoms with Crippen molar-refractivity contribution in [2.75, 3.05) is 30.8 Å². The maximum atomic E-state index is 5.93. The van der Waals surface area contributed by atoms with E-state index in [1.807, 2.05) is 30.5 Å². The van der Waals surface area contributed by atoms with E-state index in [4.69, 9.17) is 15.5 Å². The fraction of sp³-hybridized carbons (Fsp3) is 0.276. The van der Waals surface area contributed by atoms with Crippen LogP contribution in [-0.4, -0.2) is 25.2 Å². The van der Waals surface area contributed by atoms with Crippen LogP contribution in [0.5, 0.6) is 5.75 Å². The Balaban J connectivity index is 1.53. The molecule has 1 aromatic heterocycles. The Bertz CT molecular complexity index is 1250. The van der Waals surface area contributed by atoms with Crippen molar-refractivity contribution in [1.82, 2.24) is 4.98 Å². The summed E-state index contributed by atoms with van der Waals surface area (Å²) in [5, 5.41) is 1.01. The lowest BCUT2D eigenvalue weighted by Crippen LogP contribution is -2.38. The van der Waals surface area contributed by atoms with Gasteiger partial charge in [-0.2, -0.15) is 0 Å². The van der Waals surface area contributed by atoms with Crippen molar-refractivity contribution in [2.45, 2.75) is 20.3 Å². The van der Waals surface area contributed by atoms with Crippen molar-refractivity contribution in [3.63, 3.8) is 0 Å². The third-order valence-corrected chi connectivity index (χ3v) is 6.69. The molecule has 4 heteroatoms. The Morgan fingerprint density at radius 2 is 1.48 bits per heavy atom. The minimum atomic E-state index is 0.730. The molecule has 33 heavy (non-hydrogen) atoms. The molecule has 1 fully saturated rings. The number of aromatic nitrogens is 1. The number of rotatable bonds is 4. The summed E-state index contributed by atoms with van der Waals surface area (Å²) >= 11 is 0. The number of nitrogens with zero attached hydrogens (tertiary/aromatic N) is 2. The van der Waals surface area contributed by atoms with Gasteiger partial charge in [-0.3, -0.25) is 4.98 Å². The van der Waals surface area contributed by atoms with Gasteiger partial charge >= 0.3 is 0 Å². The van der Waals surface area contributed by atoms with Crippen molar-refractivity contribution in [1.29, 1.82) is 0 Å². The van der Waals surface area contributed by atoms with Crippen LogP contribution in [0.1, 0.15) is 20.3 Å². The van der Waals surface area contributed by atoms with E-state index < -0.39 is 0 Å². The van der Waals surface area contributed by atoms with E-state index in [1.54, 1.807) is 7.11 Å². The zero-order valence-electron chi connectivity index (χ0n) is 19.6. The number of hydrogen-bond acceptors (Lipinski definition) is 4. The fourth-order valence-electron chi connectivity index (χ4n) is 5.25. The summed E-state index contributed by atoms with van der Waals surface area (Å²) in [7, 11) is 1.74. The van der Waals surface area contributed by atoms with Gasteiger partial charge in [-0.15, -0.1) is 0 Å². The van der Waals surface area contributed by atoms with Crippen molar-refractivity contribution < 1.29 is 4.74 Å². The summed E-state index contributed by atoms with van der Waals surface area (Å²) in [6.07, 6.45) is 3.24. The fourth-order valence-corrected chi connectivity index (χ4v) is 5.25. The third kappa shape index (κ3) is 4.13. The molecule has 5 rings (SSSR count). The Hall–Kier alpha value is -3.53. The maximum Gasteiger partial charge on any atom is 0.137 e. The standard InChI is InChI=1S/C29H31N3O/c1-19-15-20(2)18-32(17-19)24-13-9-22(10-14-24)27-16-31-28-25(21-7-11-23(30)12-8-21)5-4-6-26(28)29(27)33-3/h4-14,16,19-20H,15,17-18,30H2,1-3H3/t19-,20+. The normalized spacial score (nSPS) is 18.5. The predicted octanol–water partition coefficient (Wildman–Crippen LogP) is 6.64. The number of benzene rings is 3. The highest BCUT2D eigenvalue weighted by Gasteiger charge is 2.22. The molecule has 1 saturated heterocycles. The van der Waals surface area contributed by atoms with Crippen LogP contribution in [0, 0.1) is 11.8 Å². The lowest BCUT2D eigenvalue weighted by atomic mass is 9.91. The monoisotopic (exact) mass is 437 g/mol. The molecule has 1 aliphatic heterocycles. The molecule has 168 valence electrons. The van der Waals surface area contributed by atoms with Gasteiger partial charge in [-0.25, -0.2) is 0 Å². The Morgan fingerprint density at radius 3 is 2.15 bits per heavy atom.